The summed E-state index contributed by atoms with van der Waals surface area (Å²) in [5.41, 5.74) is -0.238. The number of likely N-dealkylation sites (tertiary alicyclic amines) is 1. The monoisotopic (exact) mass is 1040 g/mol. The molecule has 3 rings (SSSR count). The van der Waals surface area contributed by atoms with Crippen LogP contribution in [0.3, 0.4) is 0 Å². The molecule has 0 saturated carbocycles. The largest absolute Gasteiger partial charge is 0.481 e. The highest BCUT2D eigenvalue weighted by Gasteiger charge is 2.44. The van der Waals surface area contributed by atoms with Crippen molar-refractivity contribution >= 4 is 41.7 Å². The van der Waals surface area contributed by atoms with Gasteiger partial charge in [-0.25, -0.2) is 4.79 Å². The van der Waals surface area contributed by atoms with E-state index in [1.54, 1.807) is 89.6 Å². The van der Waals surface area contributed by atoms with Crippen molar-refractivity contribution in [1.29, 1.82) is 0 Å². The van der Waals surface area contributed by atoms with Crippen molar-refractivity contribution in [3.8, 4) is 0 Å². The van der Waals surface area contributed by atoms with Crippen molar-refractivity contribution < 1.29 is 68.2 Å². The molecule has 1 aromatic rings. The Balaban J connectivity index is 1.75. The van der Waals surface area contributed by atoms with E-state index in [-0.39, 0.29) is 37.0 Å². The number of methoxy groups -OCH3 is 2. The van der Waals surface area contributed by atoms with Crippen molar-refractivity contribution in [2.75, 3.05) is 34.9 Å². The summed E-state index contributed by atoms with van der Waals surface area (Å²) in [5.74, 6) is -5.97. The zero-order valence-electron chi connectivity index (χ0n) is 46.0. The smallest absolute Gasteiger partial charge is 0.410 e. The highest BCUT2D eigenvalue weighted by atomic mass is 16.6. The van der Waals surface area contributed by atoms with Crippen LogP contribution in [0.2, 0.25) is 0 Å². The summed E-state index contributed by atoms with van der Waals surface area (Å²) in [6.07, 6.45) is 0.697. The topological polar surface area (TPSA) is 274 Å². The van der Waals surface area contributed by atoms with Crippen molar-refractivity contribution in [2.24, 2.45) is 29.1 Å². The van der Waals surface area contributed by atoms with Crippen LogP contribution in [0, 0.1) is 29.1 Å². The third-order valence-corrected chi connectivity index (χ3v) is 15.3. The zero-order chi connectivity index (χ0) is 55.8. The molecule has 2 aliphatic rings. The number of carboxylic acids is 2. The van der Waals surface area contributed by atoms with Gasteiger partial charge in [0.05, 0.1) is 55.2 Å². The molecule has 1 saturated heterocycles. The molecule has 1 fully saturated rings. The molecule has 1 aromatic carbocycles. The standard InChI is InChI=1S/C54H88N6O14/c1-14-33(6)45(40(72-12)30-41(61)60-28-20-24-39(60)47(73-13)34(7)48(65)55-35(8)46(64)36-21-16-15-17-22-36)58(10)50(67)43(31(2)3)57-49(66)44(32(4)5)59(11)53(71)74-37-23-18-19-26-54(9,27-25-37)52(70)56-38(51(68)69)29-42(62)63/h15-18,21-23,31-35,37-40,43-47,52,56,64,70H,14,19-20,24-30H2,1-13H3,(H,55,65)(H,57,66)(H,62,63)(H,68,69)/b23-18+/t33-,34+,35+,37-,38-,39-,40+,43-,44-,45-,46+,47?,52?,54+/m0/s1. The lowest BCUT2D eigenvalue weighted by Gasteiger charge is -2.41. The van der Waals surface area contributed by atoms with E-state index in [2.05, 4.69) is 16.0 Å². The lowest BCUT2D eigenvalue weighted by atomic mass is 9.77. The van der Waals surface area contributed by atoms with Crippen molar-refractivity contribution in [2.45, 2.75) is 187 Å². The number of aliphatic hydroxyl groups excluding tert-OH is 2. The fourth-order valence-corrected chi connectivity index (χ4v) is 10.4. The summed E-state index contributed by atoms with van der Waals surface area (Å²) in [7, 11) is 6.10. The number of aliphatic carboxylic acids is 2. The number of allylic oxidation sites excluding steroid dienone is 1. The van der Waals surface area contributed by atoms with E-state index in [0.717, 1.165) is 0 Å². The Morgan fingerprint density at radius 2 is 1.49 bits per heavy atom. The molecule has 0 radical (unpaired) electrons. The maximum absolute atomic E-state index is 14.7. The summed E-state index contributed by atoms with van der Waals surface area (Å²) in [4.78, 5) is 98.4. The van der Waals surface area contributed by atoms with E-state index in [0.29, 0.717) is 44.2 Å². The summed E-state index contributed by atoms with van der Waals surface area (Å²) in [6, 6.07) is 3.79. The van der Waals surface area contributed by atoms with Crippen molar-refractivity contribution in [1.82, 2.24) is 30.7 Å². The number of aliphatic hydroxyl groups is 2. The predicted molar refractivity (Wildman–Crippen MR) is 277 cm³/mol. The minimum atomic E-state index is -1.52. The quantitative estimate of drug-likeness (QED) is 0.0464. The maximum atomic E-state index is 14.7. The van der Waals surface area contributed by atoms with E-state index >= 15 is 0 Å². The van der Waals surface area contributed by atoms with Crippen LogP contribution in [0.15, 0.2) is 42.5 Å². The molecule has 418 valence electrons. The SMILES string of the molecule is CC[C@H](C)[C@@H]([C@@H](CC(=O)N1CCC[C@H]1C(OC)[C@@H](C)C(=O)N[C@H](C)[C@@H](O)c1ccccc1)OC)N(C)C(=O)[C@@H](NC(=O)[C@H](C(C)C)N(C)C(=O)O[C@H]1/C=C/CC[C@@](C)(C(O)N[C@@H](CC(=O)O)C(=O)O)CC1)C(C)C. The fraction of sp³-hybridized carbons (Fsp3) is 0.722. The third kappa shape index (κ3) is 16.9. The summed E-state index contributed by atoms with van der Waals surface area (Å²) in [5, 5.41) is 49.1. The number of likely N-dealkylation sites (N-methyl/N-ethyl adjacent to an activating group) is 2. The second-order valence-electron chi connectivity index (χ2n) is 21.4. The third-order valence-electron chi connectivity index (χ3n) is 15.3. The minimum Gasteiger partial charge on any atom is -0.481 e. The molecule has 20 nitrogen and oxygen atoms in total. The molecule has 14 atom stereocenters. The number of hydrogen-bond donors (Lipinski definition) is 7. The average Bonchev–Trinajstić information content (AvgIpc) is 3.84. The Bertz CT molecular complexity index is 2040. The zero-order valence-corrected chi connectivity index (χ0v) is 46.0. The number of benzene rings is 1. The second kappa shape index (κ2) is 29.2. The Morgan fingerprint density at radius 3 is 2.04 bits per heavy atom. The molecule has 74 heavy (non-hydrogen) atoms. The van der Waals surface area contributed by atoms with Gasteiger partial charge in [-0.3, -0.25) is 39.0 Å². The molecule has 0 spiro atoms. The van der Waals surface area contributed by atoms with Gasteiger partial charge in [-0.1, -0.05) is 98.2 Å². The average molecular weight is 1050 g/mol. The first kappa shape index (κ1) is 63.1. The number of carbonyl (C=O) groups is 7. The number of carbonyl (C=O) groups excluding carboxylic acids is 5. The summed E-state index contributed by atoms with van der Waals surface area (Å²) >= 11 is 0. The lowest BCUT2D eigenvalue weighted by Crippen LogP contribution is -2.60. The summed E-state index contributed by atoms with van der Waals surface area (Å²) < 4.78 is 17.9. The lowest BCUT2D eigenvalue weighted by molar-refractivity contribution is -0.148. The summed E-state index contributed by atoms with van der Waals surface area (Å²) in [6.45, 7) is 16.8. The van der Waals surface area contributed by atoms with Crippen molar-refractivity contribution in [3.63, 3.8) is 0 Å². The van der Waals surface area contributed by atoms with Gasteiger partial charge in [0.15, 0.2) is 0 Å². The van der Waals surface area contributed by atoms with E-state index in [1.807, 2.05) is 32.0 Å². The molecule has 1 aliphatic heterocycles. The van der Waals surface area contributed by atoms with E-state index < -0.39 is 126 Å². The Hall–Kier alpha value is -5.15. The van der Waals surface area contributed by atoms with Gasteiger partial charge in [0.25, 0.3) is 0 Å². The molecule has 2 unspecified atom stereocenters. The van der Waals surface area contributed by atoms with E-state index in [4.69, 9.17) is 14.2 Å². The first-order valence-electron chi connectivity index (χ1n) is 26.2. The number of nitrogens with zero attached hydrogens (tertiary/aromatic N) is 3. The molecular weight excluding hydrogens is 957 g/mol. The van der Waals surface area contributed by atoms with Gasteiger partial charge < -0.3 is 55.1 Å². The number of amides is 5. The minimum absolute atomic E-state index is 0.0805. The van der Waals surface area contributed by atoms with Crippen molar-refractivity contribution in [3.05, 3.63) is 48.0 Å². The molecule has 7 N–H and O–H groups in total. The van der Waals surface area contributed by atoms with Crippen LogP contribution in [0.25, 0.3) is 0 Å². The number of nitrogens with one attached hydrogen (secondary N) is 3. The van der Waals surface area contributed by atoms with Crippen LogP contribution in [-0.4, -0.2) is 172 Å². The Morgan fingerprint density at radius 1 is 0.838 bits per heavy atom. The van der Waals surface area contributed by atoms with E-state index in [9.17, 15) is 54.0 Å². The second-order valence-corrected chi connectivity index (χ2v) is 21.4. The normalized spacial score (nSPS) is 23.0. The van der Waals surface area contributed by atoms with Crippen LogP contribution < -0.4 is 16.0 Å². The van der Waals surface area contributed by atoms with Crippen LogP contribution in [0.1, 0.15) is 132 Å². The maximum Gasteiger partial charge on any atom is 0.410 e. The van der Waals surface area contributed by atoms with Gasteiger partial charge in [0.1, 0.15) is 30.5 Å². The van der Waals surface area contributed by atoms with E-state index in [1.165, 1.54) is 26.2 Å². The number of hydrogen-bond acceptors (Lipinski definition) is 13. The van der Waals surface area contributed by atoms with Gasteiger partial charge in [0, 0.05) is 40.3 Å². The van der Waals surface area contributed by atoms with Gasteiger partial charge in [-0.15, -0.1) is 0 Å². The number of carboxylic acid groups (broad SMARTS) is 2. The molecule has 1 heterocycles. The highest BCUT2D eigenvalue weighted by Crippen LogP contribution is 2.36. The first-order valence-corrected chi connectivity index (χ1v) is 26.2. The molecule has 1 aliphatic carbocycles. The molecule has 0 aromatic heterocycles. The van der Waals surface area contributed by atoms with Gasteiger partial charge in [-0.2, -0.15) is 0 Å². The highest BCUT2D eigenvalue weighted by molar-refractivity contribution is 5.92. The first-order chi connectivity index (χ1) is 34.7. The Labute approximate surface area is 438 Å². The number of ether oxygens (including phenoxy) is 3. The van der Waals surface area contributed by atoms with Gasteiger partial charge in [-0.05, 0) is 74.8 Å². The predicted octanol–water partition coefficient (Wildman–Crippen LogP) is 4.72. The van der Waals surface area contributed by atoms with Crippen LogP contribution in [0.5, 0.6) is 0 Å². The molecule has 5 amide bonds. The van der Waals surface area contributed by atoms with Crippen LogP contribution in [-0.2, 0) is 43.0 Å². The van der Waals surface area contributed by atoms with Gasteiger partial charge >= 0.3 is 18.0 Å². The molecular formula is C54H88N6O14. The number of rotatable bonds is 27. The van der Waals surface area contributed by atoms with Crippen LogP contribution >= 0.6 is 0 Å². The molecule has 20 heteroatoms. The van der Waals surface area contributed by atoms with Gasteiger partial charge in [0.2, 0.25) is 23.6 Å². The van der Waals surface area contributed by atoms with Crippen LogP contribution in [0.4, 0.5) is 4.79 Å². The Kier molecular flexibility index (Phi) is 24.9. The fourth-order valence-electron chi connectivity index (χ4n) is 10.4. The molecule has 0 bridgehead atoms.